The van der Waals surface area contributed by atoms with Crippen LogP contribution in [0.5, 0.6) is 0 Å². The summed E-state index contributed by atoms with van der Waals surface area (Å²) >= 11 is 0. The predicted molar refractivity (Wildman–Crippen MR) is 48.6 cm³/mol. The van der Waals surface area contributed by atoms with Crippen LogP contribution in [0, 0.1) is 5.92 Å². The molecule has 1 N–H and O–H groups in total. The predicted octanol–water partition coefficient (Wildman–Crippen LogP) is 0.810. The lowest BCUT2D eigenvalue weighted by Gasteiger charge is -2.24. The van der Waals surface area contributed by atoms with Gasteiger partial charge in [0.2, 0.25) is 5.91 Å². The summed E-state index contributed by atoms with van der Waals surface area (Å²) in [7, 11) is 0. The van der Waals surface area contributed by atoms with Gasteiger partial charge in [-0.1, -0.05) is 13.8 Å². The molecule has 0 aromatic carbocycles. The average molecular weight is 170 g/mol. The number of nitrogens with one attached hydrogen (secondary N) is 1. The van der Waals surface area contributed by atoms with Crippen LogP contribution in [0.25, 0.3) is 0 Å². The molecule has 3 nitrogen and oxygen atoms in total. The molecule has 0 saturated carbocycles. The number of nitrogens with zero attached hydrogens (tertiary/aromatic N) is 1. The van der Waals surface area contributed by atoms with Gasteiger partial charge >= 0.3 is 0 Å². The standard InChI is InChI=1S/C9H18N2O/c1-7(2)4-8(3)11-6-10-5-9(11)12/h7-8,10H,4-6H2,1-3H3. The van der Waals surface area contributed by atoms with Crippen molar-refractivity contribution in [3.63, 3.8) is 0 Å². The molecular formula is C9H18N2O. The largest absolute Gasteiger partial charge is 0.326 e. The maximum Gasteiger partial charge on any atom is 0.237 e. The van der Waals surface area contributed by atoms with E-state index >= 15 is 0 Å². The molecule has 0 aliphatic carbocycles. The highest BCUT2D eigenvalue weighted by atomic mass is 16.2. The fourth-order valence-corrected chi connectivity index (χ4v) is 1.68. The number of carbonyl (C=O) groups excluding carboxylic acids is 1. The monoisotopic (exact) mass is 170 g/mol. The Morgan fingerprint density at radius 3 is 2.58 bits per heavy atom. The molecule has 1 unspecified atom stereocenters. The molecule has 1 heterocycles. The van der Waals surface area contributed by atoms with Gasteiger partial charge in [0.15, 0.2) is 0 Å². The van der Waals surface area contributed by atoms with Crippen molar-refractivity contribution in [1.29, 1.82) is 0 Å². The zero-order valence-electron chi connectivity index (χ0n) is 8.13. The number of amides is 1. The second-order valence-corrected chi connectivity index (χ2v) is 3.93. The maximum atomic E-state index is 11.3. The third-order valence-corrected chi connectivity index (χ3v) is 2.22. The first kappa shape index (κ1) is 9.52. The Morgan fingerprint density at radius 2 is 2.17 bits per heavy atom. The second kappa shape index (κ2) is 3.90. The summed E-state index contributed by atoms with van der Waals surface area (Å²) in [6, 6.07) is 0.382. The van der Waals surface area contributed by atoms with E-state index in [9.17, 15) is 4.79 Å². The minimum atomic E-state index is 0.239. The van der Waals surface area contributed by atoms with E-state index in [1.54, 1.807) is 0 Å². The molecule has 1 aliphatic rings. The van der Waals surface area contributed by atoms with Crippen LogP contribution in [-0.2, 0) is 4.79 Å². The van der Waals surface area contributed by atoms with Crippen molar-refractivity contribution in [2.45, 2.75) is 33.2 Å². The minimum Gasteiger partial charge on any atom is -0.326 e. The van der Waals surface area contributed by atoms with Gasteiger partial charge in [-0.25, -0.2) is 0 Å². The van der Waals surface area contributed by atoms with Crippen molar-refractivity contribution in [2.75, 3.05) is 13.2 Å². The van der Waals surface area contributed by atoms with Gasteiger partial charge in [-0.05, 0) is 19.3 Å². The quantitative estimate of drug-likeness (QED) is 0.680. The maximum absolute atomic E-state index is 11.3. The Balaban J connectivity index is 2.40. The van der Waals surface area contributed by atoms with Gasteiger partial charge in [0.25, 0.3) is 0 Å². The van der Waals surface area contributed by atoms with E-state index in [0.29, 0.717) is 18.5 Å². The molecule has 70 valence electrons. The first-order chi connectivity index (χ1) is 5.61. The topological polar surface area (TPSA) is 32.3 Å². The summed E-state index contributed by atoms with van der Waals surface area (Å²) in [4.78, 5) is 13.2. The summed E-state index contributed by atoms with van der Waals surface area (Å²) in [5.41, 5.74) is 0. The minimum absolute atomic E-state index is 0.239. The van der Waals surface area contributed by atoms with Gasteiger partial charge in [-0.3, -0.25) is 10.1 Å². The van der Waals surface area contributed by atoms with E-state index in [1.807, 2.05) is 4.90 Å². The zero-order valence-corrected chi connectivity index (χ0v) is 8.13. The molecule has 3 heteroatoms. The Hall–Kier alpha value is -0.570. The molecule has 1 saturated heterocycles. The van der Waals surface area contributed by atoms with Crippen LogP contribution in [0.15, 0.2) is 0 Å². The molecule has 0 spiro atoms. The van der Waals surface area contributed by atoms with Gasteiger partial charge < -0.3 is 4.90 Å². The van der Waals surface area contributed by atoms with E-state index in [4.69, 9.17) is 0 Å². The van der Waals surface area contributed by atoms with Crippen molar-refractivity contribution >= 4 is 5.91 Å². The third kappa shape index (κ3) is 2.21. The van der Waals surface area contributed by atoms with Crippen LogP contribution in [0.3, 0.4) is 0 Å². The van der Waals surface area contributed by atoms with Crippen LogP contribution in [0.2, 0.25) is 0 Å². The van der Waals surface area contributed by atoms with Gasteiger partial charge in [-0.15, -0.1) is 0 Å². The number of hydrogen-bond donors (Lipinski definition) is 1. The van der Waals surface area contributed by atoms with Crippen LogP contribution in [-0.4, -0.2) is 30.1 Å². The van der Waals surface area contributed by atoms with Gasteiger partial charge in [0, 0.05) is 6.04 Å². The molecule has 0 aromatic rings. The Kier molecular flexibility index (Phi) is 3.09. The molecular weight excluding hydrogens is 152 g/mol. The molecule has 0 radical (unpaired) electrons. The third-order valence-electron chi connectivity index (χ3n) is 2.22. The first-order valence-corrected chi connectivity index (χ1v) is 4.61. The summed E-state index contributed by atoms with van der Waals surface area (Å²) in [5, 5.41) is 3.05. The highest BCUT2D eigenvalue weighted by Crippen LogP contribution is 2.12. The Labute approximate surface area is 74.1 Å². The lowest BCUT2D eigenvalue weighted by molar-refractivity contribution is -0.128. The highest BCUT2D eigenvalue weighted by molar-refractivity contribution is 5.80. The highest BCUT2D eigenvalue weighted by Gasteiger charge is 2.24. The van der Waals surface area contributed by atoms with E-state index in [-0.39, 0.29) is 5.91 Å². The molecule has 1 atom stereocenters. The molecule has 1 aliphatic heterocycles. The molecule has 12 heavy (non-hydrogen) atoms. The summed E-state index contributed by atoms with van der Waals surface area (Å²) in [5.74, 6) is 0.900. The van der Waals surface area contributed by atoms with E-state index in [2.05, 4.69) is 26.1 Å². The normalized spacial score (nSPS) is 20.7. The van der Waals surface area contributed by atoms with Crippen LogP contribution >= 0.6 is 0 Å². The van der Waals surface area contributed by atoms with Crippen LogP contribution in [0.1, 0.15) is 27.2 Å². The number of hydrogen-bond acceptors (Lipinski definition) is 2. The number of rotatable bonds is 3. The lowest BCUT2D eigenvalue weighted by atomic mass is 10.0. The van der Waals surface area contributed by atoms with Crippen molar-refractivity contribution in [2.24, 2.45) is 5.92 Å². The van der Waals surface area contributed by atoms with E-state index in [0.717, 1.165) is 13.1 Å². The SMILES string of the molecule is CC(C)CC(C)N1CNCC1=O. The van der Waals surface area contributed by atoms with Crippen molar-refractivity contribution in [1.82, 2.24) is 10.2 Å². The second-order valence-electron chi connectivity index (χ2n) is 3.93. The summed E-state index contributed by atoms with van der Waals surface area (Å²) in [6.07, 6.45) is 1.09. The van der Waals surface area contributed by atoms with Crippen molar-refractivity contribution in [3.05, 3.63) is 0 Å². The lowest BCUT2D eigenvalue weighted by Crippen LogP contribution is -2.36. The molecule has 1 rings (SSSR count). The van der Waals surface area contributed by atoms with Gasteiger partial charge in [0.1, 0.15) is 0 Å². The Morgan fingerprint density at radius 1 is 1.50 bits per heavy atom. The Bertz CT molecular complexity index is 168. The molecule has 0 bridgehead atoms. The average Bonchev–Trinajstić information content (AvgIpc) is 2.33. The van der Waals surface area contributed by atoms with Crippen molar-refractivity contribution < 1.29 is 4.79 Å². The fourth-order valence-electron chi connectivity index (χ4n) is 1.68. The van der Waals surface area contributed by atoms with Gasteiger partial charge in [-0.2, -0.15) is 0 Å². The molecule has 1 amide bonds. The summed E-state index contributed by atoms with van der Waals surface area (Å²) < 4.78 is 0. The smallest absolute Gasteiger partial charge is 0.237 e. The first-order valence-electron chi connectivity index (χ1n) is 4.61. The summed E-state index contributed by atoms with van der Waals surface area (Å²) in [6.45, 7) is 7.73. The number of carbonyl (C=O) groups is 1. The fraction of sp³-hybridized carbons (Fsp3) is 0.889. The molecule has 1 fully saturated rings. The van der Waals surface area contributed by atoms with Crippen molar-refractivity contribution in [3.8, 4) is 0 Å². The van der Waals surface area contributed by atoms with Gasteiger partial charge in [0.05, 0.1) is 13.2 Å². The van der Waals surface area contributed by atoms with E-state index in [1.165, 1.54) is 0 Å². The molecule has 0 aromatic heterocycles. The van der Waals surface area contributed by atoms with Crippen LogP contribution < -0.4 is 5.32 Å². The van der Waals surface area contributed by atoms with E-state index < -0.39 is 0 Å². The zero-order chi connectivity index (χ0) is 9.14. The van der Waals surface area contributed by atoms with Crippen LogP contribution in [0.4, 0.5) is 0 Å².